The molecule has 1 unspecified atom stereocenters. The maximum absolute atomic E-state index is 13.9. The molecule has 0 spiro atoms. The van der Waals surface area contributed by atoms with Crippen LogP contribution in [0.4, 0.5) is 14.5 Å². The first-order chi connectivity index (χ1) is 9.86. The van der Waals surface area contributed by atoms with Gasteiger partial charge >= 0.3 is 0 Å². The molecule has 1 aromatic rings. The molecule has 1 atom stereocenters. The quantitative estimate of drug-likeness (QED) is 0.855. The van der Waals surface area contributed by atoms with Crippen molar-refractivity contribution in [2.24, 2.45) is 5.92 Å². The predicted molar refractivity (Wildman–Crippen MR) is 74.1 cm³/mol. The minimum Gasteiger partial charge on any atom is -0.399 e. The molecule has 2 rings (SSSR count). The van der Waals surface area contributed by atoms with Crippen LogP contribution in [-0.2, 0) is 14.8 Å². The molecular weight excluding hydrogens is 302 g/mol. The summed E-state index contributed by atoms with van der Waals surface area (Å²) in [6, 6.07) is 1.62. The van der Waals surface area contributed by atoms with Gasteiger partial charge in [0.15, 0.2) is 4.90 Å². The van der Waals surface area contributed by atoms with Gasteiger partial charge in [0.25, 0.3) is 0 Å². The smallest absolute Gasteiger partial charge is 0.248 e. The summed E-state index contributed by atoms with van der Waals surface area (Å²) in [5, 5.41) is 0. The molecule has 0 aromatic heterocycles. The van der Waals surface area contributed by atoms with Crippen molar-refractivity contribution in [3.63, 3.8) is 0 Å². The summed E-state index contributed by atoms with van der Waals surface area (Å²) in [6.07, 6.45) is 1.46. The average Bonchev–Trinajstić information content (AvgIpc) is 2.37. The number of rotatable bonds is 4. The lowest BCUT2D eigenvalue weighted by Gasteiger charge is -2.31. The highest BCUT2D eigenvalue weighted by Crippen LogP contribution is 2.28. The van der Waals surface area contributed by atoms with E-state index < -0.39 is 26.6 Å². The molecule has 1 aliphatic heterocycles. The highest BCUT2D eigenvalue weighted by atomic mass is 32.2. The van der Waals surface area contributed by atoms with Gasteiger partial charge in [-0.05, 0) is 30.9 Å². The zero-order chi connectivity index (χ0) is 15.6. The summed E-state index contributed by atoms with van der Waals surface area (Å²) < 4.78 is 58.8. The van der Waals surface area contributed by atoms with Gasteiger partial charge in [-0.3, -0.25) is 0 Å². The van der Waals surface area contributed by atoms with Crippen molar-refractivity contribution in [2.75, 3.05) is 32.5 Å². The number of hydrogen-bond acceptors (Lipinski definition) is 4. The van der Waals surface area contributed by atoms with E-state index in [0.717, 1.165) is 22.9 Å². The van der Waals surface area contributed by atoms with Crippen LogP contribution in [0.5, 0.6) is 0 Å². The number of halogens is 2. The van der Waals surface area contributed by atoms with Gasteiger partial charge in [0, 0.05) is 25.9 Å². The molecular formula is C13H18F2N2O3S. The second-order valence-corrected chi connectivity index (χ2v) is 7.02. The van der Waals surface area contributed by atoms with Crippen molar-refractivity contribution >= 4 is 15.7 Å². The molecule has 1 aliphatic rings. The Balaban J connectivity index is 2.34. The van der Waals surface area contributed by atoms with E-state index in [1.165, 1.54) is 7.11 Å². The van der Waals surface area contributed by atoms with Crippen molar-refractivity contribution < 1.29 is 21.9 Å². The Labute approximate surface area is 122 Å². The summed E-state index contributed by atoms with van der Waals surface area (Å²) in [7, 11) is -2.68. The molecule has 8 heteroatoms. The summed E-state index contributed by atoms with van der Waals surface area (Å²) >= 11 is 0. The van der Waals surface area contributed by atoms with Crippen LogP contribution in [0.2, 0.25) is 0 Å². The molecule has 21 heavy (non-hydrogen) atoms. The Hall–Kier alpha value is -1.25. The molecule has 0 saturated carbocycles. The van der Waals surface area contributed by atoms with E-state index in [1.807, 2.05) is 0 Å². The summed E-state index contributed by atoms with van der Waals surface area (Å²) in [5.74, 6) is -2.30. The molecule has 0 radical (unpaired) electrons. The monoisotopic (exact) mass is 320 g/mol. The van der Waals surface area contributed by atoms with Gasteiger partial charge in [-0.2, -0.15) is 4.31 Å². The van der Waals surface area contributed by atoms with Gasteiger partial charge in [-0.1, -0.05) is 0 Å². The number of anilines is 1. The average molecular weight is 320 g/mol. The molecule has 2 N–H and O–H groups in total. The zero-order valence-corrected chi connectivity index (χ0v) is 12.5. The van der Waals surface area contributed by atoms with E-state index in [1.54, 1.807) is 0 Å². The van der Waals surface area contributed by atoms with Crippen LogP contribution >= 0.6 is 0 Å². The third-order valence-corrected chi connectivity index (χ3v) is 5.42. The topological polar surface area (TPSA) is 72.6 Å². The van der Waals surface area contributed by atoms with E-state index in [0.29, 0.717) is 13.0 Å². The van der Waals surface area contributed by atoms with Crippen molar-refractivity contribution in [3.05, 3.63) is 23.8 Å². The highest BCUT2D eigenvalue weighted by Gasteiger charge is 2.34. The predicted octanol–water partition coefficient (Wildman–Crippen LogP) is 1.59. The van der Waals surface area contributed by atoms with Crippen LogP contribution in [0, 0.1) is 17.6 Å². The van der Waals surface area contributed by atoms with E-state index in [9.17, 15) is 17.2 Å². The van der Waals surface area contributed by atoms with Crippen LogP contribution in [0.3, 0.4) is 0 Å². The van der Waals surface area contributed by atoms with E-state index in [2.05, 4.69) is 0 Å². The molecule has 0 amide bonds. The third-order valence-electron chi connectivity index (χ3n) is 3.50. The molecule has 118 valence electrons. The molecule has 5 nitrogen and oxygen atoms in total. The lowest BCUT2D eigenvalue weighted by molar-refractivity contribution is 0.118. The second-order valence-electron chi connectivity index (χ2n) is 5.14. The van der Waals surface area contributed by atoms with Gasteiger partial charge in [0.05, 0.1) is 6.61 Å². The molecule has 0 aliphatic carbocycles. The van der Waals surface area contributed by atoms with Crippen LogP contribution < -0.4 is 5.73 Å². The van der Waals surface area contributed by atoms with E-state index in [4.69, 9.17) is 10.5 Å². The highest BCUT2D eigenvalue weighted by molar-refractivity contribution is 7.89. The van der Waals surface area contributed by atoms with Crippen LogP contribution in [-0.4, -0.2) is 39.5 Å². The summed E-state index contributed by atoms with van der Waals surface area (Å²) in [5.41, 5.74) is 5.15. The SMILES string of the molecule is COCC1CCCN(S(=O)(=O)c2c(F)cc(N)cc2F)C1. The lowest BCUT2D eigenvalue weighted by Crippen LogP contribution is -2.41. The molecule has 1 fully saturated rings. The molecule has 1 aromatic carbocycles. The van der Waals surface area contributed by atoms with Crippen molar-refractivity contribution in [2.45, 2.75) is 17.7 Å². The standard InChI is InChI=1S/C13H18F2N2O3S/c1-20-8-9-3-2-4-17(7-9)21(18,19)13-11(14)5-10(16)6-12(13)15/h5-6,9H,2-4,7-8,16H2,1H3. The number of piperidine rings is 1. The van der Waals surface area contributed by atoms with Gasteiger partial charge in [-0.25, -0.2) is 17.2 Å². The van der Waals surface area contributed by atoms with Gasteiger partial charge in [0.1, 0.15) is 11.6 Å². The van der Waals surface area contributed by atoms with Crippen LogP contribution in [0.15, 0.2) is 17.0 Å². The summed E-state index contributed by atoms with van der Waals surface area (Å²) in [6.45, 7) is 0.851. The van der Waals surface area contributed by atoms with Crippen LogP contribution in [0.25, 0.3) is 0 Å². The number of nitrogens with two attached hydrogens (primary N) is 1. The fraction of sp³-hybridized carbons (Fsp3) is 0.538. The number of hydrogen-bond donors (Lipinski definition) is 1. The Kier molecular flexibility index (Phi) is 4.80. The Morgan fingerprint density at radius 1 is 1.38 bits per heavy atom. The first kappa shape index (κ1) is 16.1. The number of nitrogens with zero attached hydrogens (tertiary/aromatic N) is 1. The van der Waals surface area contributed by atoms with Crippen molar-refractivity contribution in [3.8, 4) is 0 Å². The maximum atomic E-state index is 13.9. The zero-order valence-electron chi connectivity index (χ0n) is 11.7. The van der Waals surface area contributed by atoms with E-state index in [-0.39, 0.29) is 24.7 Å². The molecule has 1 heterocycles. The summed E-state index contributed by atoms with van der Waals surface area (Å²) in [4.78, 5) is -0.935. The first-order valence-electron chi connectivity index (χ1n) is 6.60. The maximum Gasteiger partial charge on any atom is 0.248 e. The second kappa shape index (κ2) is 6.25. The van der Waals surface area contributed by atoms with Gasteiger partial charge in [0.2, 0.25) is 10.0 Å². The Morgan fingerprint density at radius 2 is 2.00 bits per heavy atom. The van der Waals surface area contributed by atoms with Gasteiger partial charge < -0.3 is 10.5 Å². The van der Waals surface area contributed by atoms with Gasteiger partial charge in [-0.15, -0.1) is 0 Å². The number of ether oxygens (including phenoxy) is 1. The fourth-order valence-electron chi connectivity index (χ4n) is 2.57. The molecule has 1 saturated heterocycles. The first-order valence-corrected chi connectivity index (χ1v) is 8.04. The van der Waals surface area contributed by atoms with Crippen molar-refractivity contribution in [1.82, 2.24) is 4.31 Å². The Morgan fingerprint density at radius 3 is 2.57 bits per heavy atom. The minimum atomic E-state index is -4.22. The fourth-order valence-corrected chi connectivity index (χ4v) is 4.22. The largest absolute Gasteiger partial charge is 0.399 e. The van der Waals surface area contributed by atoms with Crippen molar-refractivity contribution in [1.29, 1.82) is 0 Å². The minimum absolute atomic E-state index is 0.0263. The van der Waals surface area contributed by atoms with Crippen LogP contribution in [0.1, 0.15) is 12.8 Å². The number of sulfonamides is 1. The third kappa shape index (κ3) is 3.33. The Bertz CT molecular complexity index is 597. The lowest BCUT2D eigenvalue weighted by atomic mass is 10.0. The normalized spacial score (nSPS) is 20.6. The number of methoxy groups -OCH3 is 1. The number of benzene rings is 1. The van der Waals surface area contributed by atoms with E-state index >= 15 is 0 Å². The molecule has 0 bridgehead atoms. The number of nitrogen functional groups attached to an aromatic ring is 1.